The van der Waals surface area contributed by atoms with E-state index in [1.54, 1.807) is 12.4 Å². The van der Waals surface area contributed by atoms with Crippen LogP contribution in [0.15, 0.2) is 52.8 Å². The van der Waals surface area contributed by atoms with E-state index >= 15 is 0 Å². The molecule has 3 aromatic rings. The van der Waals surface area contributed by atoms with Gasteiger partial charge in [0.25, 0.3) is 0 Å². The van der Waals surface area contributed by atoms with Gasteiger partial charge in [-0.05, 0) is 49.1 Å². The zero-order chi connectivity index (χ0) is 27.4. The molecule has 2 aliphatic rings. The Hall–Kier alpha value is -2.51. The molecule has 2 aromatic heterocycles. The number of nitrogens with one attached hydrogen (secondary N) is 1. The fourth-order valence-corrected chi connectivity index (χ4v) is 7.45. The number of benzene rings is 1. The molecule has 39 heavy (non-hydrogen) atoms. The zero-order valence-electron chi connectivity index (χ0n) is 21.6. The van der Waals surface area contributed by atoms with Gasteiger partial charge >= 0.3 is 0 Å². The second-order valence-corrected chi connectivity index (χ2v) is 13.0. The van der Waals surface area contributed by atoms with Crippen molar-refractivity contribution in [2.75, 3.05) is 37.4 Å². The summed E-state index contributed by atoms with van der Waals surface area (Å²) in [5.41, 5.74) is 1.12. The van der Waals surface area contributed by atoms with Crippen LogP contribution in [-0.2, 0) is 19.6 Å². The average Bonchev–Trinajstić information content (AvgIpc) is 3.38. The predicted octanol–water partition coefficient (Wildman–Crippen LogP) is 4.50. The normalized spacial score (nSPS) is 20.6. The van der Waals surface area contributed by atoms with Crippen LogP contribution in [0.5, 0.6) is 0 Å². The molecule has 208 valence electrons. The first kappa shape index (κ1) is 28.0. The highest BCUT2D eigenvalue weighted by Gasteiger charge is 2.30. The number of thioether (sulfide) groups is 1. The van der Waals surface area contributed by atoms with Crippen LogP contribution >= 0.6 is 23.4 Å². The molecule has 1 saturated carbocycles. The number of morpholine rings is 1. The Kier molecular flexibility index (Phi) is 8.87. The first-order valence-electron chi connectivity index (χ1n) is 13.0. The standard InChI is InChI=1S/C26H31ClN6O4S2/c1-18-5-2-3-7-23(18)33-25(19-6-4-10-28-16-19)30-31-26(33)38-17-24(34)29-22-15-20(8-9-21(22)27)39(35,36)32-11-13-37-14-12-32/h4,6,8-10,15-16,18,23H,2-3,5,7,11-14,17H2,1H3,(H,29,34)/t18-,23-/m1/s1. The van der Waals surface area contributed by atoms with Gasteiger partial charge < -0.3 is 10.1 Å². The first-order chi connectivity index (χ1) is 18.8. The Balaban J connectivity index is 1.33. The maximum Gasteiger partial charge on any atom is 0.243 e. The van der Waals surface area contributed by atoms with Crippen LogP contribution in [0.25, 0.3) is 11.4 Å². The molecule has 3 heterocycles. The molecule has 2 fully saturated rings. The molecule has 10 nitrogen and oxygen atoms in total. The van der Waals surface area contributed by atoms with Crippen molar-refractivity contribution in [2.24, 2.45) is 5.92 Å². The molecule has 1 aliphatic heterocycles. The summed E-state index contributed by atoms with van der Waals surface area (Å²) in [6, 6.07) is 8.40. The van der Waals surface area contributed by atoms with Crippen LogP contribution in [0.2, 0.25) is 5.02 Å². The molecule has 13 heteroatoms. The Morgan fingerprint density at radius 2 is 1.97 bits per heavy atom. The third-order valence-electron chi connectivity index (χ3n) is 7.13. The Bertz CT molecular complexity index is 1410. The van der Waals surface area contributed by atoms with Gasteiger partial charge in [0.1, 0.15) is 0 Å². The number of carbonyl (C=O) groups is 1. The molecule has 2 atom stereocenters. The molecular formula is C26H31ClN6O4S2. The van der Waals surface area contributed by atoms with E-state index in [2.05, 4.69) is 32.0 Å². The van der Waals surface area contributed by atoms with E-state index in [1.165, 1.54) is 40.7 Å². The summed E-state index contributed by atoms with van der Waals surface area (Å²) in [5.74, 6) is 0.933. The van der Waals surface area contributed by atoms with E-state index < -0.39 is 10.0 Å². The van der Waals surface area contributed by atoms with Crippen LogP contribution in [0.3, 0.4) is 0 Å². The van der Waals surface area contributed by atoms with Crippen molar-refractivity contribution in [1.29, 1.82) is 0 Å². The van der Waals surface area contributed by atoms with Crippen molar-refractivity contribution in [1.82, 2.24) is 24.1 Å². The Morgan fingerprint density at radius 3 is 2.72 bits per heavy atom. The number of pyridine rings is 1. The number of aromatic nitrogens is 4. The lowest BCUT2D eigenvalue weighted by atomic mass is 9.85. The van der Waals surface area contributed by atoms with Crippen LogP contribution in [0, 0.1) is 5.92 Å². The number of carbonyl (C=O) groups excluding carboxylic acids is 1. The number of sulfonamides is 1. The highest BCUT2D eigenvalue weighted by atomic mass is 35.5. The number of amides is 1. The molecule has 1 N–H and O–H groups in total. The molecule has 1 amide bonds. The molecule has 1 aromatic carbocycles. The summed E-state index contributed by atoms with van der Waals surface area (Å²) in [4.78, 5) is 17.3. The number of rotatable bonds is 8. The number of anilines is 1. The van der Waals surface area contributed by atoms with E-state index in [0.717, 1.165) is 30.7 Å². The van der Waals surface area contributed by atoms with E-state index in [4.69, 9.17) is 16.3 Å². The highest BCUT2D eigenvalue weighted by Crippen LogP contribution is 2.39. The predicted molar refractivity (Wildman–Crippen MR) is 150 cm³/mol. The van der Waals surface area contributed by atoms with Gasteiger partial charge in [-0.3, -0.25) is 14.3 Å². The molecular weight excluding hydrogens is 560 g/mol. The van der Waals surface area contributed by atoms with Gasteiger partial charge in [0.05, 0.1) is 34.6 Å². The van der Waals surface area contributed by atoms with Gasteiger partial charge in [-0.15, -0.1) is 10.2 Å². The quantitative estimate of drug-likeness (QED) is 0.381. The molecule has 0 spiro atoms. The van der Waals surface area contributed by atoms with Crippen molar-refractivity contribution >= 4 is 45.0 Å². The molecule has 0 radical (unpaired) electrons. The molecule has 5 rings (SSSR count). The zero-order valence-corrected chi connectivity index (χ0v) is 24.0. The van der Waals surface area contributed by atoms with Gasteiger partial charge in [-0.2, -0.15) is 4.31 Å². The average molecular weight is 591 g/mol. The summed E-state index contributed by atoms with van der Waals surface area (Å²) in [6.07, 6.45) is 7.98. The fourth-order valence-electron chi connectivity index (χ4n) is 5.06. The van der Waals surface area contributed by atoms with Crippen LogP contribution < -0.4 is 5.32 Å². The van der Waals surface area contributed by atoms with Crippen LogP contribution in [0.4, 0.5) is 5.69 Å². The number of hydrogen-bond donors (Lipinski definition) is 1. The number of halogens is 1. The minimum Gasteiger partial charge on any atom is -0.379 e. The van der Waals surface area contributed by atoms with Gasteiger partial charge in [0.2, 0.25) is 15.9 Å². The minimum absolute atomic E-state index is 0.0586. The lowest BCUT2D eigenvalue weighted by Gasteiger charge is -2.31. The maximum atomic E-state index is 13.1. The van der Waals surface area contributed by atoms with Crippen LogP contribution in [0.1, 0.15) is 38.6 Å². The molecule has 1 aliphatic carbocycles. The summed E-state index contributed by atoms with van der Waals surface area (Å²) in [7, 11) is -3.73. The highest BCUT2D eigenvalue weighted by molar-refractivity contribution is 7.99. The number of ether oxygens (including phenoxy) is 1. The Morgan fingerprint density at radius 1 is 1.18 bits per heavy atom. The van der Waals surface area contributed by atoms with E-state index in [1.807, 2.05) is 12.1 Å². The van der Waals surface area contributed by atoms with Gasteiger partial charge in [0.15, 0.2) is 11.0 Å². The summed E-state index contributed by atoms with van der Waals surface area (Å²) in [5, 5.41) is 12.6. The first-order valence-corrected chi connectivity index (χ1v) is 15.8. The van der Waals surface area contributed by atoms with Gasteiger partial charge in [0, 0.05) is 37.1 Å². The lowest BCUT2D eigenvalue weighted by Crippen LogP contribution is -2.40. The summed E-state index contributed by atoms with van der Waals surface area (Å²) < 4.78 is 34.9. The second-order valence-electron chi connectivity index (χ2n) is 9.74. The van der Waals surface area contributed by atoms with Crippen molar-refractivity contribution in [2.45, 2.75) is 48.7 Å². The van der Waals surface area contributed by atoms with Crippen molar-refractivity contribution < 1.29 is 17.9 Å². The van der Waals surface area contributed by atoms with Gasteiger partial charge in [-0.1, -0.05) is 43.1 Å². The SMILES string of the molecule is C[C@@H]1CCCC[C@H]1n1c(SCC(=O)Nc2cc(S(=O)(=O)N3CCOCC3)ccc2Cl)nnc1-c1cccnc1. The summed E-state index contributed by atoms with van der Waals surface area (Å²) >= 11 is 7.62. The smallest absolute Gasteiger partial charge is 0.243 e. The van der Waals surface area contributed by atoms with Crippen molar-refractivity contribution in [3.05, 3.63) is 47.7 Å². The Labute approximate surface area is 237 Å². The van der Waals surface area contributed by atoms with E-state index in [0.29, 0.717) is 24.3 Å². The molecule has 1 saturated heterocycles. The third kappa shape index (κ3) is 6.30. The monoisotopic (exact) mass is 590 g/mol. The van der Waals surface area contributed by atoms with Crippen LogP contribution in [-0.4, -0.2) is 70.4 Å². The summed E-state index contributed by atoms with van der Waals surface area (Å²) in [6.45, 7) is 3.51. The topological polar surface area (TPSA) is 119 Å². The van der Waals surface area contributed by atoms with Crippen molar-refractivity contribution in [3.63, 3.8) is 0 Å². The maximum absolute atomic E-state index is 13.1. The third-order valence-corrected chi connectivity index (χ3v) is 10.3. The lowest BCUT2D eigenvalue weighted by molar-refractivity contribution is -0.113. The van der Waals surface area contributed by atoms with E-state index in [9.17, 15) is 13.2 Å². The fraction of sp³-hybridized carbons (Fsp3) is 0.462. The van der Waals surface area contributed by atoms with E-state index in [-0.39, 0.29) is 46.4 Å². The second kappa shape index (κ2) is 12.3. The molecule has 0 bridgehead atoms. The van der Waals surface area contributed by atoms with Gasteiger partial charge in [-0.25, -0.2) is 8.42 Å². The molecule has 0 unspecified atom stereocenters. The largest absolute Gasteiger partial charge is 0.379 e. The number of nitrogens with zero attached hydrogens (tertiary/aromatic N) is 5. The number of hydrogen-bond acceptors (Lipinski definition) is 8. The van der Waals surface area contributed by atoms with Crippen molar-refractivity contribution in [3.8, 4) is 11.4 Å². The minimum atomic E-state index is -3.73.